The van der Waals surface area contributed by atoms with Gasteiger partial charge in [0.2, 0.25) is 0 Å². The lowest BCUT2D eigenvalue weighted by Crippen LogP contribution is -2.55. The number of anilines is 4. The molecule has 0 bridgehead atoms. The first-order chi connectivity index (χ1) is 30.4. The Morgan fingerprint density at radius 3 is 1.27 bits per heavy atom. The number of carboxylic acids is 1. The van der Waals surface area contributed by atoms with Crippen molar-refractivity contribution in [2.75, 3.05) is 41.1 Å². The molecule has 0 spiro atoms. The fraction of sp³-hybridized carbons (Fsp3) is 0.510. The molecule has 338 valence electrons. The third-order valence-corrected chi connectivity index (χ3v) is 12.6. The van der Waals surface area contributed by atoms with Crippen molar-refractivity contribution in [1.29, 1.82) is 0 Å². The number of hydrogen-bond donors (Lipinski definition) is 7. The zero-order valence-corrected chi connectivity index (χ0v) is 36.6. The monoisotopic (exact) mass is 866 g/mol. The molecular formula is C49H62N4O10. The molecule has 1 aliphatic carbocycles. The summed E-state index contributed by atoms with van der Waals surface area (Å²) in [6, 6.07) is 18.8. The molecule has 0 aromatic heterocycles. The Morgan fingerprint density at radius 2 is 0.905 bits per heavy atom. The summed E-state index contributed by atoms with van der Waals surface area (Å²) in [5.41, 5.74) is 0.691. The van der Waals surface area contributed by atoms with Gasteiger partial charge in [-0.05, 0) is 53.3 Å². The number of nitrogens with one attached hydrogen (secondary N) is 4. The summed E-state index contributed by atoms with van der Waals surface area (Å²) in [5.74, 6) is -4.30. The van der Waals surface area contributed by atoms with Gasteiger partial charge < -0.3 is 50.8 Å². The number of benzene rings is 4. The first-order valence-corrected chi connectivity index (χ1v) is 22.7. The number of esters is 3. The van der Waals surface area contributed by atoms with Gasteiger partial charge in [-0.2, -0.15) is 0 Å². The van der Waals surface area contributed by atoms with E-state index in [2.05, 4.69) is 35.1 Å². The molecule has 4 aromatic carbocycles. The van der Waals surface area contributed by atoms with Gasteiger partial charge in [0, 0.05) is 45.4 Å². The Kier molecular flexibility index (Phi) is 14.3. The van der Waals surface area contributed by atoms with Crippen molar-refractivity contribution in [2.45, 2.75) is 140 Å². The zero-order valence-electron chi connectivity index (χ0n) is 36.6. The highest BCUT2D eigenvalue weighted by Crippen LogP contribution is 2.56. The van der Waals surface area contributed by atoms with Gasteiger partial charge in [-0.15, -0.1) is 0 Å². The van der Waals surface area contributed by atoms with Gasteiger partial charge in [-0.3, -0.25) is 19.2 Å². The Bertz CT molecular complexity index is 2280. The first-order valence-electron chi connectivity index (χ1n) is 22.7. The normalized spacial score (nSPS) is 21.5. The van der Waals surface area contributed by atoms with Gasteiger partial charge >= 0.3 is 23.9 Å². The van der Waals surface area contributed by atoms with Crippen LogP contribution in [0, 0.1) is 0 Å². The van der Waals surface area contributed by atoms with Crippen LogP contribution in [0.4, 0.5) is 22.7 Å². The van der Waals surface area contributed by atoms with E-state index in [0.29, 0.717) is 40.3 Å². The van der Waals surface area contributed by atoms with Crippen LogP contribution < -0.4 is 21.3 Å². The Labute approximate surface area is 368 Å². The summed E-state index contributed by atoms with van der Waals surface area (Å²) in [6.07, 6.45) is 4.31. The van der Waals surface area contributed by atoms with Crippen LogP contribution in [0.25, 0.3) is 21.5 Å². The smallest absolute Gasteiger partial charge is 0.310 e. The molecule has 7 N–H and O–H groups in total. The van der Waals surface area contributed by atoms with Gasteiger partial charge in [-0.1, -0.05) is 108 Å². The molecule has 3 atom stereocenters. The maximum atomic E-state index is 13.5. The summed E-state index contributed by atoms with van der Waals surface area (Å²) >= 11 is 0. The average Bonchev–Trinajstić information content (AvgIpc) is 3.24. The Balaban J connectivity index is 1.22. The Morgan fingerprint density at radius 1 is 0.524 bits per heavy atom. The third-order valence-electron chi connectivity index (χ3n) is 12.6. The van der Waals surface area contributed by atoms with Crippen molar-refractivity contribution in [3.05, 3.63) is 71.8 Å². The molecule has 0 saturated heterocycles. The van der Waals surface area contributed by atoms with Crippen molar-refractivity contribution in [1.82, 2.24) is 0 Å². The van der Waals surface area contributed by atoms with Crippen molar-refractivity contribution < 1.29 is 48.7 Å². The SMILES string of the molecule is CCCCCOC(=O)CC1(CC(=O)O)Nc2cccc3ccc(C4C(O)C(c5ccc6cccc7c6c5NC(CC(=O)OCCCCC)(CC(=O)OCCCCC)N7)C4O)c(c23)N1. The standard InChI is InChI=1S/C49H62N4O10/c1-4-7-10-23-61-37(56)27-48(26-36(54)55)50-34-17-13-15-30-19-21-32(44(52-48)40(30)34)42-46(59)43(47(42)60)33-22-20-31-16-14-18-35-41(31)45(33)53-49(51-35,28-38(57)62-24-11-8-5-2)29-39(58)63-25-12-9-6-3/h13-22,42-43,46-47,50-53,59-60H,4-12,23-29H2,1-3H3,(H,54,55). The van der Waals surface area contributed by atoms with Crippen LogP contribution in [0.1, 0.15) is 127 Å². The highest BCUT2D eigenvalue weighted by atomic mass is 16.5. The van der Waals surface area contributed by atoms with Crippen molar-refractivity contribution in [3.8, 4) is 0 Å². The maximum Gasteiger partial charge on any atom is 0.310 e. The lowest BCUT2D eigenvalue weighted by Gasteiger charge is -2.50. The van der Waals surface area contributed by atoms with Gasteiger partial charge in [-0.25, -0.2) is 0 Å². The van der Waals surface area contributed by atoms with E-state index in [1.54, 1.807) is 0 Å². The summed E-state index contributed by atoms with van der Waals surface area (Å²) in [6.45, 7) is 6.93. The molecular weight excluding hydrogens is 805 g/mol. The van der Waals surface area contributed by atoms with Crippen molar-refractivity contribution >= 4 is 68.2 Å². The largest absolute Gasteiger partial charge is 0.481 e. The van der Waals surface area contributed by atoms with Gasteiger partial charge in [0.15, 0.2) is 0 Å². The number of carbonyl (C=O) groups is 4. The fourth-order valence-corrected chi connectivity index (χ4v) is 9.56. The van der Waals surface area contributed by atoms with Crippen LogP contribution in [-0.4, -0.2) is 82.6 Å². The minimum Gasteiger partial charge on any atom is -0.481 e. The number of carboxylic acid groups (broad SMARTS) is 1. The molecule has 7 rings (SSSR count). The van der Waals surface area contributed by atoms with Crippen LogP contribution in [0.2, 0.25) is 0 Å². The van der Waals surface area contributed by atoms with Gasteiger partial charge in [0.05, 0.1) is 57.7 Å². The zero-order chi connectivity index (χ0) is 44.7. The molecule has 4 aromatic rings. The second-order valence-electron chi connectivity index (χ2n) is 17.4. The highest BCUT2D eigenvalue weighted by Gasteiger charge is 2.54. The lowest BCUT2D eigenvalue weighted by atomic mass is 9.62. The molecule has 2 aliphatic heterocycles. The lowest BCUT2D eigenvalue weighted by molar-refractivity contribution is -0.148. The summed E-state index contributed by atoms with van der Waals surface area (Å²) < 4.78 is 16.9. The number of aliphatic carboxylic acids is 1. The average molecular weight is 867 g/mol. The predicted molar refractivity (Wildman–Crippen MR) is 243 cm³/mol. The van der Waals surface area contributed by atoms with Crippen LogP contribution >= 0.6 is 0 Å². The van der Waals surface area contributed by atoms with E-state index in [0.717, 1.165) is 72.9 Å². The molecule has 3 unspecified atom stereocenters. The molecule has 63 heavy (non-hydrogen) atoms. The number of rotatable bonds is 22. The van der Waals surface area contributed by atoms with E-state index in [4.69, 9.17) is 14.2 Å². The first kappa shape index (κ1) is 45.4. The van der Waals surface area contributed by atoms with Crippen LogP contribution in [0.3, 0.4) is 0 Å². The van der Waals surface area contributed by atoms with E-state index < -0.39 is 65.7 Å². The molecule has 14 nitrogen and oxygen atoms in total. The molecule has 1 saturated carbocycles. The maximum absolute atomic E-state index is 13.5. The number of unbranched alkanes of at least 4 members (excludes halogenated alkanes) is 6. The molecule has 3 aliphatic rings. The highest BCUT2D eigenvalue weighted by molar-refractivity contribution is 6.08. The second-order valence-corrected chi connectivity index (χ2v) is 17.4. The molecule has 1 fully saturated rings. The minimum absolute atomic E-state index is 0.210. The van der Waals surface area contributed by atoms with E-state index in [9.17, 15) is 34.5 Å². The quantitative estimate of drug-likeness (QED) is 0.0225. The fourth-order valence-electron chi connectivity index (χ4n) is 9.56. The number of aliphatic hydroxyl groups excluding tert-OH is 2. The number of aliphatic hydroxyl groups is 2. The summed E-state index contributed by atoms with van der Waals surface area (Å²) in [5, 5.41) is 51.7. The molecule has 14 heteroatoms. The van der Waals surface area contributed by atoms with Crippen LogP contribution in [-0.2, 0) is 33.4 Å². The van der Waals surface area contributed by atoms with E-state index in [-0.39, 0.29) is 39.1 Å². The molecule has 0 amide bonds. The molecule has 0 radical (unpaired) electrons. The van der Waals surface area contributed by atoms with E-state index >= 15 is 0 Å². The van der Waals surface area contributed by atoms with Crippen molar-refractivity contribution in [3.63, 3.8) is 0 Å². The van der Waals surface area contributed by atoms with E-state index in [1.807, 2.05) is 67.6 Å². The third kappa shape index (κ3) is 9.82. The van der Waals surface area contributed by atoms with Gasteiger partial charge in [0.25, 0.3) is 0 Å². The topological polar surface area (TPSA) is 205 Å². The van der Waals surface area contributed by atoms with E-state index in [1.165, 1.54) is 0 Å². The number of hydrogen-bond acceptors (Lipinski definition) is 13. The van der Waals surface area contributed by atoms with Crippen molar-refractivity contribution in [2.24, 2.45) is 0 Å². The summed E-state index contributed by atoms with van der Waals surface area (Å²) in [4.78, 5) is 52.7. The van der Waals surface area contributed by atoms with Crippen LogP contribution in [0.15, 0.2) is 60.7 Å². The second kappa shape index (κ2) is 19.8. The molecule has 2 heterocycles. The Hall–Kier alpha value is -5.60. The number of ether oxygens (including phenoxy) is 3. The minimum atomic E-state index is -1.47. The number of carbonyl (C=O) groups excluding carboxylic acids is 3. The van der Waals surface area contributed by atoms with Gasteiger partial charge in [0.1, 0.15) is 11.3 Å². The van der Waals surface area contributed by atoms with Crippen LogP contribution in [0.5, 0.6) is 0 Å². The predicted octanol–water partition coefficient (Wildman–Crippen LogP) is 8.51. The summed E-state index contributed by atoms with van der Waals surface area (Å²) in [7, 11) is 0.